The topological polar surface area (TPSA) is 61.3 Å². The lowest BCUT2D eigenvalue weighted by atomic mass is 10.2. The first-order valence-corrected chi connectivity index (χ1v) is 4.18. The normalized spacial score (nSPS) is 16.4. The van der Waals surface area contributed by atoms with E-state index in [9.17, 15) is 0 Å². The molecule has 0 saturated heterocycles. The highest BCUT2D eigenvalue weighted by Gasteiger charge is 2.01. The molecule has 0 aromatic heterocycles. The third kappa shape index (κ3) is 6.28. The monoisotopic (exact) mass is 160 g/mol. The Morgan fingerprint density at radius 2 is 1.36 bits per heavy atom. The number of nitrogens with two attached hydrogens (primary N) is 2. The van der Waals surface area contributed by atoms with Gasteiger partial charge in [-0.1, -0.05) is 13.8 Å². The quantitative estimate of drug-likeness (QED) is 0.583. The fraction of sp³-hybridized carbons (Fsp3) is 1.00. The molecule has 0 saturated carbocycles. The Balaban J connectivity index is 3.13. The maximum Gasteiger partial charge on any atom is 0.0503 e. The lowest BCUT2D eigenvalue weighted by molar-refractivity contribution is 0.0838. The standard InChI is InChI=1S/C8H20N2O/c1-7(3-9)5-11-6-8(2)4-10/h7-8H,3-6,9-10H2,1-2H3. The summed E-state index contributed by atoms with van der Waals surface area (Å²) in [6, 6.07) is 0. The van der Waals surface area contributed by atoms with Crippen molar-refractivity contribution in [3.8, 4) is 0 Å². The second-order valence-corrected chi connectivity index (χ2v) is 3.22. The molecule has 0 aliphatic rings. The van der Waals surface area contributed by atoms with E-state index in [1.807, 2.05) is 0 Å². The summed E-state index contributed by atoms with van der Waals surface area (Å²) in [7, 11) is 0. The molecule has 0 amide bonds. The smallest absolute Gasteiger partial charge is 0.0503 e. The Kier molecular flexibility index (Phi) is 6.51. The molecule has 0 aromatic carbocycles. The zero-order valence-corrected chi connectivity index (χ0v) is 7.55. The van der Waals surface area contributed by atoms with Crippen LogP contribution in [0.2, 0.25) is 0 Å². The molecule has 2 unspecified atom stereocenters. The molecular formula is C8H20N2O. The van der Waals surface area contributed by atoms with Gasteiger partial charge in [-0.2, -0.15) is 0 Å². The first kappa shape index (κ1) is 10.9. The van der Waals surface area contributed by atoms with E-state index in [4.69, 9.17) is 16.2 Å². The van der Waals surface area contributed by atoms with Crippen molar-refractivity contribution in [2.45, 2.75) is 13.8 Å². The summed E-state index contributed by atoms with van der Waals surface area (Å²) >= 11 is 0. The molecule has 0 bridgehead atoms. The molecule has 68 valence electrons. The predicted octanol–water partition coefficient (Wildman–Crippen LogP) is 0.193. The SMILES string of the molecule is CC(CN)COCC(C)CN. The molecule has 3 nitrogen and oxygen atoms in total. The summed E-state index contributed by atoms with van der Waals surface area (Å²) in [5.74, 6) is 0.917. The second kappa shape index (κ2) is 6.58. The Hall–Kier alpha value is -0.120. The van der Waals surface area contributed by atoms with Crippen molar-refractivity contribution in [1.29, 1.82) is 0 Å². The first-order valence-electron chi connectivity index (χ1n) is 4.18. The lowest BCUT2D eigenvalue weighted by Gasteiger charge is -2.12. The van der Waals surface area contributed by atoms with Gasteiger partial charge >= 0.3 is 0 Å². The highest BCUT2D eigenvalue weighted by molar-refractivity contribution is 4.53. The molecule has 0 spiro atoms. The summed E-state index contributed by atoms with van der Waals surface area (Å²) in [6.07, 6.45) is 0. The fourth-order valence-corrected chi connectivity index (χ4v) is 0.606. The second-order valence-electron chi connectivity index (χ2n) is 3.22. The van der Waals surface area contributed by atoms with Gasteiger partial charge in [0.15, 0.2) is 0 Å². The van der Waals surface area contributed by atoms with Crippen LogP contribution in [0.1, 0.15) is 13.8 Å². The maximum absolute atomic E-state index is 5.42. The fourth-order valence-electron chi connectivity index (χ4n) is 0.606. The van der Waals surface area contributed by atoms with Crippen LogP contribution in [0.3, 0.4) is 0 Å². The predicted molar refractivity (Wildman–Crippen MR) is 47.3 cm³/mol. The number of hydrogen-bond acceptors (Lipinski definition) is 3. The van der Waals surface area contributed by atoms with E-state index in [0.717, 1.165) is 13.2 Å². The minimum absolute atomic E-state index is 0.458. The van der Waals surface area contributed by atoms with Crippen molar-refractivity contribution in [2.75, 3.05) is 26.3 Å². The van der Waals surface area contributed by atoms with Gasteiger partial charge in [-0.05, 0) is 24.9 Å². The molecule has 0 aromatic rings. The van der Waals surface area contributed by atoms with Gasteiger partial charge in [0, 0.05) is 0 Å². The molecule has 11 heavy (non-hydrogen) atoms. The van der Waals surface area contributed by atoms with Crippen LogP contribution in [0.4, 0.5) is 0 Å². The lowest BCUT2D eigenvalue weighted by Crippen LogP contribution is -2.21. The third-order valence-corrected chi connectivity index (χ3v) is 1.61. The van der Waals surface area contributed by atoms with Gasteiger partial charge in [0.2, 0.25) is 0 Å². The van der Waals surface area contributed by atoms with E-state index >= 15 is 0 Å². The van der Waals surface area contributed by atoms with Crippen molar-refractivity contribution in [3.05, 3.63) is 0 Å². The molecule has 0 radical (unpaired) electrons. The molecule has 0 aliphatic heterocycles. The number of ether oxygens (including phenoxy) is 1. The maximum atomic E-state index is 5.42. The summed E-state index contributed by atoms with van der Waals surface area (Å²) in [5.41, 5.74) is 10.8. The van der Waals surface area contributed by atoms with Crippen LogP contribution in [0, 0.1) is 11.8 Å². The van der Waals surface area contributed by atoms with Crippen LogP contribution >= 0.6 is 0 Å². The molecule has 0 aliphatic carbocycles. The summed E-state index contributed by atoms with van der Waals surface area (Å²) in [5, 5.41) is 0. The van der Waals surface area contributed by atoms with Gasteiger partial charge < -0.3 is 16.2 Å². The van der Waals surface area contributed by atoms with Gasteiger partial charge in [0.05, 0.1) is 13.2 Å². The highest BCUT2D eigenvalue weighted by Crippen LogP contribution is 1.96. The zero-order chi connectivity index (χ0) is 8.69. The van der Waals surface area contributed by atoms with Crippen molar-refractivity contribution in [2.24, 2.45) is 23.3 Å². The van der Waals surface area contributed by atoms with E-state index in [2.05, 4.69) is 13.8 Å². The Morgan fingerprint density at radius 3 is 1.64 bits per heavy atom. The largest absolute Gasteiger partial charge is 0.381 e. The summed E-state index contributed by atoms with van der Waals surface area (Å²) in [4.78, 5) is 0. The average molecular weight is 160 g/mol. The van der Waals surface area contributed by atoms with E-state index in [1.165, 1.54) is 0 Å². The van der Waals surface area contributed by atoms with Gasteiger partial charge in [0.25, 0.3) is 0 Å². The van der Waals surface area contributed by atoms with E-state index in [1.54, 1.807) is 0 Å². The summed E-state index contributed by atoms with van der Waals surface area (Å²) in [6.45, 7) is 7.04. The van der Waals surface area contributed by atoms with Gasteiger partial charge in [0.1, 0.15) is 0 Å². The van der Waals surface area contributed by atoms with E-state index < -0.39 is 0 Å². The molecular weight excluding hydrogens is 140 g/mol. The van der Waals surface area contributed by atoms with Crippen LogP contribution in [0.5, 0.6) is 0 Å². The Bertz CT molecular complexity index is 78.2. The average Bonchev–Trinajstić information content (AvgIpc) is 2.04. The van der Waals surface area contributed by atoms with Gasteiger partial charge in [-0.3, -0.25) is 0 Å². The molecule has 0 fully saturated rings. The van der Waals surface area contributed by atoms with Crippen molar-refractivity contribution >= 4 is 0 Å². The van der Waals surface area contributed by atoms with Crippen LogP contribution in [0.25, 0.3) is 0 Å². The molecule has 3 heteroatoms. The first-order chi connectivity index (χ1) is 5.20. The zero-order valence-electron chi connectivity index (χ0n) is 7.55. The molecule has 2 atom stereocenters. The highest BCUT2D eigenvalue weighted by atomic mass is 16.5. The van der Waals surface area contributed by atoms with Gasteiger partial charge in [-0.25, -0.2) is 0 Å². The van der Waals surface area contributed by atoms with Crippen LogP contribution in [-0.2, 0) is 4.74 Å². The number of rotatable bonds is 6. The van der Waals surface area contributed by atoms with Crippen LogP contribution < -0.4 is 11.5 Å². The van der Waals surface area contributed by atoms with Crippen molar-refractivity contribution < 1.29 is 4.74 Å². The minimum atomic E-state index is 0.458. The van der Waals surface area contributed by atoms with E-state index in [-0.39, 0.29) is 0 Å². The Morgan fingerprint density at radius 1 is 1.00 bits per heavy atom. The summed E-state index contributed by atoms with van der Waals surface area (Å²) < 4.78 is 5.38. The third-order valence-electron chi connectivity index (χ3n) is 1.61. The van der Waals surface area contributed by atoms with Crippen molar-refractivity contribution in [1.82, 2.24) is 0 Å². The molecule has 0 heterocycles. The minimum Gasteiger partial charge on any atom is -0.381 e. The molecule has 4 N–H and O–H groups in total. The number of hydrogen-bond donors (Lipinski definition) is 2. The van der Waals surface area contributed by atoms with Gasteiger partial charge in [-0.15, -0.1) is 0 Å². The van der Waals surface area contributed by atoms with E-state index in [0.29, 0.717) is 24.9 Å². The van der Waals surface area contributed by atoms with Crippen LogP contribution in [0.15, 0.2) is 0 Å². The Labute approximate surface area is 69.1 Å². The van der Waals surface area contributed by atoms with Crippen molar-refractivity contribution in [3.63, 3.8) is 0 Å². The van der Waals surface area contributed by atoms with Crippen LogP contribution in [-0.4, -0.2) is 26.3 Å². The molecule has 0 rings (SSSR count).